The highest BCUT2D eigenvalue weighted by atomic mass is 32.2. The normalized spacial score (nSPS) is 11.5. The standard InChI is InChI=1S/C16H18FNO4S/c1-18(11-12-6-4-5-7-14(12)17)23(19,20)16-10-13(21-2)8-9-15(16)22-3/h4-10H,11H2,1-3H3. The first-order chi connectivity index (χ1) is 10.9. The average molecular weight is 339 g/mol. The van der Waals surface area contributed by atoms with Gasteiger partial charge in [0, 0.05) is 25.2 Å². The quantitative estimate of drug-likeness (QED) is 0.812. The molecule has 0 amide bonds. The van der Waals surface area contributed by atoms with Crippen LogP contribution in [0.4, 0.5) is 4.39 Å². The van der Waals surface area contributed by atoms with Crippen molar-refractivity contribution < 1.29 is 22.3 Å². The summed E-state index contributed by atoms with van der Waals surface area (Å²) in [6.45, 7) is -0.0879. The van der Waals surface area contributed by atoms with Gasteiger partial charge < -0.3 is 9.47 Å². The van der Waals surface area contributed by atoms with Crippen molar-refractivity contribution in [2.45, 2.75) is 11.4 Å². The van der Waals surface area contributed by atoms with Gasteiger partial charge in [-0.1, -0.05) is 18.2 Å². The average Bonchev–Trinajstić information content (AvgIpc) is 2.56. The highest BCUT2D eigenvalue weighted by molar-refractivity contribution is 7.89. The molecule has 0 aliphatic heterocycles. The Balaban J connectivity index is 2.39. The van der Waals surface area contributed by atoms with Gasteiger partial charge in [-0.2, -0.15) is 4.31 Å². The number of benzene rings is 2. The molecule has 7 heteroatoms. The minimum absolute atomic E-state index is 0.0295. The Morgan fingerprint density at radius 3 is 2.39 bits per heavy atom. The summed E-state index contributed by atoms with van der Waals surface area (Å²) < 4.78 is 50.5. The van der Waals surface area contributed by atoms with Gasteiger partial charge in [0.25, 0.3) is 0 Å². The molecule has 0 aliphatic carbocycles. The Labute approximate surface area is 135 Å². The van der Waals surface area contributed by atoms with Crippen LogP contribution >= 0.6 is 0 Å². The third-order valence-electron chi connectivity index (χ3n) is 3.41. The molecular formula is C16H18FNO4S. The zero-order valence-corrected chi connectivity index (χ0v) is 13.9. The molecule has 2 aromatic rings. The lowest BCUT2D eigenvalue weighted by molar-refractivity contribution is 0.387. The van der Waals surface area contributed by atoms with E-state index in [2.05, 4.69) is 0 Å². The highest BCUT2D eigenvalue weighted by Crippen LogP contribution is 2.30. The second-order valence-corrected chi connectivity index (χ2v) is 6.88. The number of halogens is 1. The Morgan fingerprint density at radius 2 is 1.78 bits per heavy atom. The number of hydrogen-bond acceptors (Lipinski definition) is 4. The topological polar surface area (TPSA) is 55.8 Å². The molecule has 0 N–H and O–H groups in total. The number of hydrogen-bond donors (Lipinski definition) is 0. The summed E-state index contributed by atoms with van der Waals surface area (Å²) in [5.74, 6) is 0.141. The lowest BCUT2D eigenvalue weighted by atomic mass is 10.2. The van der Waals surface area contributed by atoms with Gasteiger partial charge in [0.05, 0.1) is 14.2 Å². The zero-order chi connectivity index (χ0) is 17.0. The molecule has 0 radical (unpaired) electrons. The molecule has 0 atom stereocenters. The van der Waals surface area contributed by atoms with E-state index in [1.54, 1.807) is 24.3 Å². The van der Waals surface area contributed by atoms with E-state index >= 15 is 0 Å². The minimum Gasteiger partial charge on any atom is -0.497 e. The minimum atomic E-state index is -3.87. The highest BCUT2D eigenvalue weighted by Gasteiger charge is 2.26. The van der Waals surface area contributed by atoms with Crippen LogP contribution in [0.5, 0.6) is 11.5 Å². The van der Waals surface area contributed by atoms with E-state index in [4.69, 9.17) is 9.47 Å². The van der Waals surface area contributed by atoms with Crippen molar-refractivity contribution in [2.24, 2.45) is 0 Å². The third kappa shape index (κ3) is 3.62. The van der Waals surface area contributed by atoms with Crippen LogP contribution in [-0.4, -0.2) is 34.0 Å². The summed E-state index contributed by atoms with van der Waals surface area (Å²) in [5, 5.41) is 0. The SMILES string of the molecule is COc1ccc(OC)c(S(=O)(=O)N(C)Cc2ccccc2F)c1. The second kappa shape index (κ2) is 6.97. The Kier molecular flexibility index (Phi) is 5.23. The number of sulfonamides is 1. The summed E-state index contributed by atoms with van der Waals surface area (Å²) in [4.78, 5) is -0.0295. The molecule has 0 bridgehead atoms. The van der Waals surface area contributed by atoms with Crippen LogP contribution < -0.4 is 9.47 Å². The van der Waals surface area contributed by atoms with Crippen LogP contribution in [0, 0.1) is 5.82 Å². The third-order valence-corrected chi connectivity index (χ3v) is 5.23. The molecule has 0 unspecified atom stereocenters. The lowest BCUT2D eigenvalue weighted by Crippen LogP contribution is -2.27. The Hall–Kier alpha value is -2.12. The van der Waals surface area contributed by atoms with Gasteiger partial charge >= 0.3 is 0 Å². The van der Waals surface area contributed by atoms with Gasteiger partial charge in [-0.3, -0.25) is 0 Å². The molecule has 0 saturated heterocycles. The van der Waals surface area contributed by atoms with Crippen molar-refractivity contribution in [3.63, 3.8) is 0 Å². The summed E-state index contributed by atoms with van der Waals surface area (Å²) in [6, 6.07) is 10.6. The first-order valence-electron chi connectivity index (χ1n) is 6.82. The second-order valence-electron chi connectivity index (χ2n) is 4.87. The summed E-state index contributed by atoms with van der Waals surface area (Å²) in [6.07, 6.45) is 0. The van der Waals surface area contributed by atoms with Gasteiger partial charge in [0.1, 0.15) is 22.2 Å². The van der Waals surface area contributed by atoms with E-state index in [9.17, 15) is 12.8 Å². The molecule has 0 heterocycles. The monoisotopic (exact) mass is 339 g/mol. The molecule has 2 rings (SSSR count). The van der Waals surface area contributed by atoms with Crippen molar-refractivity contribution in [3.05, 3.63) is 53.8 Å². The maximum Gasteiger partial charge on any atom is 0.246 e. The molecular weight excluding hydrogens is 321 g/mol. The number of ether oxygens (including phenoxy) is 2. The predicted octanol–water partition coefficient (Wildman–Crippen LogP) is 2.66. The van der Waals surface area contributed by atoms with E-state index in [0.29, 0.717) is 11.3 Å². The van der Waals surface area contributed by atoms with Gasteiger partial charge in [0.2, 0.25) is 10.0 Å². The molecule has 0 spiro atoms. The van der Waals surface area contributed by atoms with Gasteiger partial charge in [-0.15, -0.1) is 0 Å². The van der Waals surface area contributed by atoms with E-state index < -0.39 is 15.8 Å². The maximum absolute atomic E-state index is 13.7. The van der Waals surface area contributed by atoms with E-state index in [1.807, 2.05) is 0 Å². The van der Waals surface area contributed by atoms with Crippen molar-refractivity contribution in [2.75, 3.05) is 21.3 Å². The molecule has 124 valence electrons. The summed E-state index contributed by atoms with van der Waals surface area (Å²) in [7, 11) is 0.354. The zero-order valence-electron chi connectivity index (χ0n) is 13.1. The fourth-order valence-electron chi connectivity index (χ4n) is 2.10. The van der Waals surface area contributed by atoms with Crippen LogP contribution in [0.3, 0.4) is 0 Å². The van der Waals surface area contributed by atoms with Crippen molar-refractivity contribution >= 4 is 10.0 Å². The molecule has 2 aromatic carbocycles. The molecule has 0 fully saturated rings. The largest absolute Gasteiger partial charge is 0.497 e. The lowest BCUT2D eigenvalue weighted by Gasteiger charge is -2.19. The molecule has 23 heavy (non-hydrogen) atoms. The smallest absolute Gasteiger partial charge is 0.246 e. The number of nitrogens with zero attached hydrogens (tertiary/aromatic N) is 1. The fraction of sp³-hybridized carbons (Fsp3) is 0.250. The Bertz CT molecular complexity index is 792. The first-order valence-corrected chi connectivity index (χ1v) is 8.26. The predicted molar refractivity (Wildman–Crippen MR) is 84.6 cm³/mol. The van der Waals surface area contributed by atoms with Crippen molar-refractivity contribution in [1.82, 2.24) is 4.31 Å². The van der Waals surface area contributed by atoms with Crippen LogP contribution in [-0.2, 0) is 16.6 Å². The van der Waals surface area contributed by atoms with Gasteiger partial charge in [-0.25, -0.2) is 12.8 Å². The van der Waals surface area contributed by atoms with Gasteiger partial charge in [0.15, 0.2) is 0 Å². The molecule has 0 aromatic heterocycles. The van der Waals surface area contributed by atoms with E-state index in [-0.39, 0.29) is 17.2 Å². The molecule has 0 saturated carbocycles. The van der Waals surface area contributed by atoms with Crippen LogP contribution in [0.15, 0.2) is 47.4 Å². The number of methoxy groups -OCH3 is 2. The fourth-order valence-corrected chi connectivity index (χ4v) is 3.42. The molecule has 0 aliphatic rings. The number of rotatable bonds is 6. The summed E-state index contributed by atoms with van der Waals surface area (Å²) in [5.41, 5.74) is 0.292. The summed E-state index contributed by atoms with van der Waals surface area (Å²) >= 11 is 0. The van der Waals surface area contributed by atoms with Crippen LogP contribution in [0.1, 0.15) is 5.56 Å². The first kappa shape index (κ1) is 17.2. The van der Waals surface area contributed by atoms with Crippen molar-refractivity contribution in [3.8, 4) is 11.5 Å². The van der Waals surface area contributed by atoms with Crippen LogP contribution in [0.25, 0.3) is 0 Å². The van der Waals surface area contributed by atoms with Crippen molar-refractivity contribution in [1.29, 1.82) is 0 Å². The van der Waals surface area contributed by atoms with Crippen LogP contribution in [0.2, 0.25) is 0 Å². The van der Waals surface area contributed by atoms with E-state index in [1.165, 1.54) is 39.5 Å². The Morgan fingerprint density at radius 1 is 1.09 bits per heavy atom. The van der Waals surface area contributed by atoms with E-state index in [0.717, 1.165) is 4.31 Å². The maximum atomic E-state index is 13.7. The van der Waals surface area contributed by atoms with Gasteiger partial charge in [-0.05, 0) is 18.2 Å². The molecule has 5 nitrogen and oxygen atoms in total.